The molecule has 0 aliphatic heterocycles. The molecule has 0 aromatic rings. The highest BCUT2D eigenvalue weighted by atomic mass is 16.1. The van der Waals surface area contributed by atoms with E-state index in [-0.39, 0.29) is 5.91 Å². The van der Waals surface area contributed by atoms with Gasteiger partial charge in [0.25, 0.3) is 0 Å². The van der Waals surface area contributed by atoms with Gasteiger partial charge in [-0.2, -0.15) is 0 Å². The van der Waals surface area contributed by atoms with Crippen molar-refractivity contribution < 1.29 is 4.79 Å². The largest absolute Gasteiger partial charge is 0.353 e. The lowest BCUT2D eigenvalue weighted by Crippen LogP contribution is -2.36. The van der Waals surface area contributed by atoms with Crippen molar-refractivity contribution in [3.8, 4) is 0 Å². The van der Waals surface area contributed by atoms with Crippen LogP contribution in [0.3, 0.4) is 0 Å². The van der Waals surface area contributed by atoms with Gasteiger partial charge in [0, 0.05) is 18.5 Å². The molecule has 14 heavy (non-hydrogen) atoms. The van der Waals surface area contributed by atoms with Crippen molar-refractivity contribution in [2.45, 2.75) is 57.0 Å². The van der Waals surface area contributed by atoms with E-state index in [9.17, 15) is 4.79 Å². The minimum absolute atomic E-state index is 0.239. The van der Waals surface area contributed by atoms with Crippen molar-refractivity contribution in [1.29, 1.82) is 0 Å². The summed E-state index contributed by atoms with van der Waals surface area (Å²) in [7, 11) is 0. The molecule has 0 atom stereocenters. The van der Waals surface area contributed by atoms with Crippen LogP contribution < -0.4 is 10.6 Å². The van der Waals surface area contributed by atoms with E-state index in [1.165, 1.54) is 32.1 Å². The summed E-state index contributed by atoms with van der Waals surface area (Å²) in [5.41, 5.74) is 0. The van der Waals surface area contributed by atoms with Crippen molar-refractivity contribution in [3.63, 3.8) is 0 Å². The van der Waals surface area contributed by atoms with Crippen LogP contribution in [0, 0.1) is 0 Å². The molecule has 2 aliphatic rings. The first-order valence-electron chi connectivity index (χ1n) is 5.87. The van der Waals surface area contributed by atoms with Crippen LogP contribution in [-0.4, -0.2) is 24.5 Å². The topological polar surface area (TPSA) is 41.1 Å². The third-order valence-corrected chi connectivity index (χ3v) is 3.06. The molecule has 0 aromatic heterocycles. The minimum Gasteiger partial charge on any atom is -0.353 e. The second kappa shape index (κ2) is 4.78. The predicted molar refractivity (Wildman–Crippen MR) is 56.0 cm³/mol. The molecule has 2 fully saturated rings. The van der Waals surface area contributed by atoms with Gasteiger partial charge in [-0.05, 0) is 38.6 Å². The van der Waals surface area contributed by atoms with Gasteiger partial charge in [0.2, 0.25) is 5.91 Å². The molecule has 3 nitrogen and oxygen atoms in total. The number of amides is 1. The van der Waals surface area contributed by atoms with Crippen LogP contribution in [0.1, 0.15) is 44.9 Å². The van der Waals surface area contributed by atoms with Crippen LogP contribution in [0.2, 0.25) is 0 Å². The average molecular weight is 196 g/mol. The van der Waals surface area contributed by atoms with Crippen molar-refractivity contribution in [1.82, 2.24) is 10.6 Å². The normalized spacial score (nSPS) is 21.7. The second-order valence-electron chi connectivity index (χ2n) is 4.53. The molecule has 0 radical (unpaired) electrons. The third-order valence-electron chi connectivity index (χ3n) is 3.06. The van der Waals surface area contributed by atoms with Crippen molar-refractivity contribution in [2.75, 3.05) is 6.54 Å². The Kier molecular flexibility index (Phi) is 3.40. The smallest absolute Gasteiger partial charge is 0.220 e. The molecule has 0 spiro atoms. The molecule has 80 valence electrons. The third kappa shape index (κ3) is 3.29. The number of hydrogen-bond acceptors (Lipinski definition) is 2. The number of hydrogen-bond donors (Lipinski definition) is 2. The van der Waals surface area contributed by atoms with Gasteiger partial charge in [-0.1, -0.05) is 6.42 Å². The molecule has 0 aromatic carbocycles. The lowest BCUT2D eigenvalue weighted by Gasteiger charge is -2.26. The molecule has 0 bridgehead atoms. The lowest BCUT2D eigenvalue weighted by atomic mass is 9.93. The lowest BCUT2D eigenvalue weighted by molar-refractivity contribution is -0.121. The number of carbonyl (C=O) groups excluding carboxylic acids is 1. The Morgan fingerprint density at radius 3 is 2.50 bits per heavy atom. The summed E-state index contributed by atoms with van der Waals surface area (Å²) in [5, 5.41) is 6.47. The zero-order valence-electron chi connectivity index (χ0n) is 8.72. The first-order chi connectivity index (χ1) is 6.84. The van der Waals surface area contributed by atoms with Crippen LogP contribution in [0.4, 0.5) is 0 Å². The summed E-state index contributed by atoms with van der Waals surface area (Å²) >= 11 is 0. The molecular weight excluding hydrogens is 176 g/mol. The van der Waals surface area contributed by atoms with Gasteiger partial charge in [0.1, 0.15) is 0 Å². The fourth-order valence-corrected chi connectivity index (χ4v) is 1.70. The standard InChI is InChI=1S/C11H20N2O/c14-11(13-10-6-7-10)5-2-8-12-9-3-1-4-9/h9-10,12H,1-8H2,(H,13,14). The maximum absolute atomic E-state index is 11.3. The molecule has 2 rings (SSSR count). The molecule has 0 saturated heterocycles. The van der Waals surface area contributed by atoms with Gasteiger partial charge < -0.3 is 10.6 Å². The van der Waals surface area contributed by atoms with Crippen LogP contribution in [0.5, 0.6) is 0 Å². The fourth-order valence-electron chi connectivity index (χ4n) is 1.70. The Hall–Kier alpha value is -0.570. The van der Waals surface area contributed by atoms with Crippen LogP contribution in [0.25, 0.3) is 0 Å². The van der Waals surface area contributed by atoms with E-state index in [4.69, 9.17) is 0 Å². The molecule has 2 saturated carbocycles. The quantitative estimate of drug-likeness (QED) is 0.626. The minimum atomic E-state index is 0.239. The Labute approximate surface area is 85.6 Å². The Morgan fingerprint density at radius 2 is 1.93 bits per heavy atom. The SMILES string of the molecule is O=C(CCCNC1CCC1)NC1CC1. The summed E-state index contributed by atoms with van der Waals surface area (Å²) in [6.07, 6.45) is 8.08. The van der Waals surface area contributed by atoms with E-state index in [1.54, 1.807) is 0 Å². The maximum Gasteiger partial charge on any atom is 0.220 e. The van der Waals surface area contributed by atoms with E-state index in [0.717, 1.165) is 19.0 Å². The Bertz CT molecular complexity index is 197. The molecule has 1 amide bonds. The highest BCUT2D eigenvalue weighted by Crippen LogP contribution is 2.19. The summed E-state index contributed by atoms with van der Waals surface area (Å²) in [6.45, 7) is 1.00. The molecule has 2 N–H and O–H groups in total. The molecule has 3 heteroatoms. The van der Waals surface area contributed by atoms with Crippen molar-refractivity contribution >= 4 is 5.91 Å². The van der Waals surface area contributed by atoms with Gasteiger partial charge in [-0.25, -0.2) is 0 Å². The number of carbonyl (C=O) groups is 1. The van der Waals surface area contributed by atoms with Crippen molar-refractivity contribution in [2.24, 2.45) is 0 Å². The number of nitrogens with one attached hydrogen (secondary N) is 2. The zero-order valence-corrected chi connectivity index (χ0v) is 8.72. The molecule has 2 aliphatic carbocycles. The van der Waals surface area contributed by atoms with Gasteiger partial charge in [0.05, 0.1) is 0 Å². The molecule has 0 heterocycles. The van der Waals surface area contributed by atoms with Crippen molar-refractivity contribution in [3.05, 3.63) is 0 Å². The molecule has 0 unspecified atom stereocenters. The van der Waals surface area contributed by atoms with Gasteiger partial charge in [0.15, 0.2) is 0 Å². The van der Waals surface area contributed by atoms with E-state index in [2.05, 4.69) is 10.6 Å². The fraction of sp³-hybridized carbons (Fsp3) is 0.909. The van der Waals surface area contributed by atoms with E-state index < -0.39 is 0 Å². The average Bonchev–Trinajstić information content (AvgIpc) is 2.84. The Morgan fingerprint density at radius 1 is 1.14 bits per heavy atom. The summed E-state index contributed by atoms with van der Waals surface area (Å²) in [6, 6.07) is 1.27. The second-order valence-corrected chi connectivity index (χ2v) is 4.53. The first-order valence-corrected chi connectivity index (χ1v) is 5.87. The first kappa shape index (κ1) is 9.97. The highest BCUT2D eigenvalue weighted by Gasteiger charge is 2.22. The van der Waals surface area contributed by atoms with Crippen LogP contribution in [0.15, 0.2) is 0 Å². The maximum atomic E-state index is 11.3. The van der Waals surface area contributed by atoms with Gasteiger partial charge in [-0.15, -0.1) is 0 Å². The Balaban J connectivity index is 1.42. The summed E-state index contributed by atoms with van der Waals surface area (Å²) in [4.78, 5) is 11.3. The number of rotatable bonds is 6. The van der Waals surface area contributed by atoms with E-state index >= 15 is 0 Å². The monoisotopic (exact) mass is 196 g/mol. The van der Waals surface area contributed by atoms with Gasteiger partial charge >= 0.3 is 0 Å². The predicted octanol–water partition coefficient (Wildman–Crippen LogP) is 1.19. The van der Waals surface area contributed by atoms with Crippen LogP contribution >= 0.6 is 0 Å². The summed E-state index contributed by atoms with van der Waals surface area (Å²) < 4.78 is 0. The highest BCUT2D eigenvalue weighted by molar-refractivity contribution is 5.76. The summed E-state index contributed by atoms with van der Waals surface area (Å²) in [5.74, 6) is 0.239. The zero-order chi connectivity index (χ0) is 9.80. The van der Waals surface area contributed by atoms with E-state index in [0.29, 0.717) is 12.5 Å². The van der Waals surface area contributed by atoms with Crippen LogP contribution in [-0.2, 0) is 4.79 Å². The molecular formula is C11H20N2O. The van der Waals surface area contributed by atoms with E-state index in [1.807, 2.05) is 0 Å². The van der Waals surface area contributed by atoms with Gasteiger partial charge in [-0.3, -0.25) is 4.79 Å².